The lowest BCUT2D eigenvalue weighted by molar-refractivity contribution is -0.121. The van der Waals surface area contributed by atoms with Crippen LogP contribution in [0.1, 0.15) is 52.2 Å². The highest BCUT2D eigenvalue weighted by atomic mass is 32.1. The van der Waals surface area contributed by atoms with Crippen LogP contribution in [0.4, 0.5) is 0 Å². The van der Waals surface area contributed by atoms with Crippen LogP contribution in [0.3, 0.4) is 0 Å². The highest BCUT2D eigenvalue weighted by Crippen LogP contribution is 2.32. The minimum absolute atomic E-state index is 0.138. The Morgan fingerprint density at radius 2 is 2.00 bits per heavy atom. The smallest absolute Gasteiger partial charge is 0.263 e. The van der Waals surface area contributed by atoms with Crippen molar-refractivity contribution in [2.75, 3.05) is 7.05 Å². The second-order valence-corrected chi connectivity index (χ2v) is 6.74. The molecule has 1 aromatic heterocycles. The molecule has 3 nitrogen and oxygen atoms in total. The average Bonchev–Trinajstić information content (AvgIpc) is 2.98. The largest absolute Gasteiger partial charge is 0.338 e. The number of hydrogen-bond acceptors (Lipinski definition) is 3. The number of carbonyl (C=O) groups is 2. The Morgan fingerprint density at radius 3 is 2.68 bits per heavy atom. The molecule has 1 fully saturated rings. The molecule has 3 rings (SSSR count). The van der Waals surface area contributed by atoms with Gasteiger partial charge >= 0.3 is 0 Å². The molecular formula is C15H19NO2S. The molecule has 2 aliphatic carbocycles. The number of amides is 1. The molecule has 0 radical (unpaired) electrons. The van der Waals surface area contributed by atoms with Crippen LogP contribution in [0, 0.1) is 0 Å². The third kappa shape index (κ3) is 2.46. The zero-order valence-electron chi connectivity index (χ0n) is 11.3. The second kappa shape index (κ2) is 5.08. The van der Waals surface area contributed by atoms with Crippen LogP contribution in [-0.2, 0) is 17.6 Å². The summed E-state index contributed by atoms with van der Waals surface area (Å²) in [7, 11) is 1.88. The molecule has 4 heteroatoms. The number of rotatable bonds is 2. The minimum Gasteiger partial charge on any atom is -0.338 e. The maximum atomic E-state index is 12.5. The molecule has 0 aromatic carbocycles. The maximum absolute atomic E-state index is 12.5. The molecule has 1 aromatic rings. The van der Waals surface area contributed by atoms with E-state index in [1.165, 1.54) is 16.9 Å². The Kier molecular flexibility index (Phi) is 3.44. The molecule has 0 aliphatic heterocycles. The van der Waals surface area contributed by atoms with E-state index in [2.05, 4.69) is 6.07 Å². The first-order valence-corrected chi connectivity index (χ1v) is 7.87. The third-order valence-corrected chi connectivity index (χ3v) is 5.56. The molecule has 1 amide bonds. The van der Waals surface area contributed by atoms with Gasteiger partial charge in [-0.1, -0.05) is 0 Å². The van der Waals surface area contributed by atoms with Crippen LogP contribution >= 0.6 is 11.3 Å². The molecule has 0 N–H and O–H groups in total. The van der Waals surface area contributed by atoms with Gasteiger partial charge in [-0.05, 0) is 43.7 Å². The first-order valence-electron chi connectivity index (χ1n) is 7.05. The van der Waals surface area contributed by atoms with E-state index in [-0.39, 0.29) is 11.9 Å². The number of aryl methyl sites for hydroxylation is 2. The molecule has 1 heterocycles. The third-order valence-electron chi connectivity index (χ3n) is 4.34. The van der Waals surface area contributed by atoms with Gasteiger partial charge in [0.2, 0.25) is 0 Å². The summed E-state index contributed by atoms with van der Waals surface area (Å²) in [5, 5.41) is 0. The topological polar surface area (TPSA) is 37.4 Å². The number of ketones is 1. The summed E-state index contributed by atoms with van der Waals surface area (Å²) in [6.07, 6.45) is 6.40. The van der Waals surface area contributed by atoms with Gasteiger partial charge in [-0.25, -0.2) is 0 Å². The molecule has 0 unspecified atom stereocenters. The van der Waals surface area contributed by atoms with E-state index in [1.54, 1.807) is 11.3 Å². The van der Waals surface area contributed by atoms with Gasteiger partial charge in [0.05, 0.1) is 4.88 Å². The fourth-order valence-corrected chi connectivity index (χ4v) is 4.32. The zero-order valence-corrected chi connectivity index (χ0v) is 12.1. The second-order valence-electron chi connectivity index (χ2n) is 5.60. The predicted molar refractivity (Wildman–Crippen MR) is 75.7 cm³/mol. The summed E-state index contributed by atoms with van der Waals surface area (Å²) >= 11 is 1.66. The Morgan fingerprint density at radius 1 is 1.26 bits per heavy atom. The van der Waals surface area contributed by atoms with Crippen LogP contribution in [0.25, 0.3) is 0 Å². The van der Waals surface area contributed by atoms with Gasteiger partial charge in [-0.3, -0.25) is 9.59 Å². The molecule has 2 aliphatic rings. The van der Waals surface area contributed by atoms with Gasteiger partial charge in [0.15, 0.2) is 0 Å². The van der Waals surface area contributed by atoms with E-state index < -0.39 is 0 Å². The van der Waals surface area contributed by atoms with Gasteiger partial charge in [0.25, 0.3) is 5.91 Å². The quantitative estimate of drug-likeness (QED) is 0.833. The highest BCUT2D eigenvalue weighted by Gasteiger charge is 2.27. The SMILES string of the molecule is CN(C(=O)c1cc2c(s1)CCC2)C1CCC(=O)CC1. The monoisotopic (exact) mass is 277 g/mol. The Labute approximate surface area is 117 Å². The van der Waals surface area contributed by atoms with Crippen molar-refractivity contribution in [3.8, 4) is 0 Å². The van der Waals surface area contributed by atoms with Crippen LogP contribution in [-0.4, -0.2) is 29.7 Å². The highest BCUT2D eigenvalue weighted by molar-refractivity contribution is 7.14. The van der Waals surface area contributed by atoms with Gasteiger partial charge in [-0.15, -0.1) is 11.3 Å². The van der Waals surface area contributed by atoms with Crippen molar-refractivity contribution in [3.63, 3.8) is 0 Å². The lowest BCUT2D eigenvalue weighted by atomic mass is 9.93. The Balaban J connectivity index is 1.70. The van der Waals surface area contributed by atoms with Crippen molar-refractivity contribution in [1.29, 1.82) is 0 Å². The van der Waals surface area contributed by atoms with Crippen molar-refractivity contribution in [3.05, 3.63) is 21.4 Å². The Bertz CT molecular complexity index is 489. The number of Topliss-reactive ketones (excluding diaryl/α,β-unsaturated/α-hetero) is 1. The number of thiophene rings is 1. The number of hydrogen-bond donors (Lipinski definition) is 0. The number of carbonyl (C=O) groups excluding carboxylic acids is 2. The summed E-state index contributed by atoms with van der Waals surface area (Å²) in [5.74, 6) is 0.478. The zero-order chi connectivity index (χ0) is 13.4. The molecule has 0 bridgehead atoms. The van der Waals surface area contributed by atoms with Gasteiger partial charge in [-0.2, -0.15) is 0 Å². The summed E-state index contributed by atoms with van der Waals surface area (Å²) in [4.78, 5) is 27.9. The lowest BCUT2D eigenvalue weighted by Crippen LogP contribution is -2.39. The van der Waals surface area contributed by atoms with Crippen molar-refractivity contribution >= 4 is 23.0 Å². The molecule has 0 atom stereocenters. The van der Waals surface area contributed by atoms with E-state index in [4.69, 9.17) is 0 Å². The van der Waals surface area contributed by atoms with Gasteiger partial charge in [0.1, 0.15) is 5.78 Å². The van der Waals surface area contributed by atoms with Crippen molar-refractivity contribution < 1.29 is 9.59 Å². The molecule has 19 heavy (non-hydrogen) atoms. The standard InChI is InChI=1S/C15H19NO2S/c1-16(11-5-7-12(17)8-6-11)15(18)14-9-10-3-2-4-13(10)19-14/h9,11H,2-8H2,1H3. The maximum Gasteiger partial charge on any atom is 0.263 e. The van der Waals surface area contributed by atoms with Crippen molar-refractivity contribution in [1.82, 2.24) is 4.90 Å². The normalized spacial score (nSPS) is 19.5. The molecular weight excluding hydrogens is 258 g/mol. The minimum atomic E-state index is 0.138. The van der Waals surface area contributed by atoms with Crippen LogP contribution in [0.15, 0.2) is 6.07 Å². The number of fused-ring (bicyclic) bond motifs is 1. The molecule has 102 valence electrons. The average molecular weight is 277 g/mol. The van der Waals surface area contributed by atoms with Crippen LogP contribution in [0.2, 0.25) is 0 Å². The summed E-state index contributed by atoms with van der Waals surface area (Å²) in [6.45, 7) is 0. The molecule has 0 spiro atoms. The number of nitrogens with zero attached hydrogens (tertiary/aromatic N) is 1. The fourth-order valence-electron chi connectivity index (χ4n) is 3.09. The summed E-state index contributed by atoms with van der Waals surface area (Å²) < 4.78 is 0. The van der Waals surface area contributed by atoms with E-state index in [9.17, 15) is 9.59 Å². The van der Waals surface area contributed by atoms with Gasteiger partial charge < -0.3 is 4.90 Å². The van der Waals surface area contributed by atoms with E-state index in [0.717, 1.165) is 30.6 Å². The first kappa shape index (κ1) is 12.9. The summed E-state index contributed by atoms with van der Waals surface area (Å²) in [6, 6.07) is 2.32. The van der Waals surface area contributed by atoms with Crippen LogP contribution in [0.5, 0.6) is 0 Å². The Hall–Kier alpha value is -1.16. The summed E-state index contributed by atoms with van der Waals surface area (Å²) in [5.41, 5.74) is 1.38. The van der Waals surface area contributed by atoms with E-state index in [0.29, 0.717) is 18.6 Å². The lowest BCUT2D eigenvalue weighted by Gasteiger charge is -2.30. The van der Waals surface area contributed by atoms with Crippen molar-refractivity contribution in [2.45, 2.75) is 51.0 Å². The van der Waals surface area contributed by atoms with Crippen molar-refractivity contribution in [2.24, 2.45) is 0 Å². The van der Waals surface area contributed by atoms with Gasteiger partial charge in [0, 0.05) is 30.8 Å². The predicted octanol–water partition coefficient (Wildman–Crippen LogP) is 2.82. The van der Waals surface area contributed by atoms with E-state index >= 15 is 0 Å². The molecule has 1 saturated carbocycles. The molecule has 0 saturated heterocycles. The first-order chi connectivity index (χ1) is 9.15. The van der Waals surface area contributed by atoms with Crippen LogP contribution < -0.4 is 0 Å². The van der Waals surface area contributed by atoms with E-state index in [1.807, 2.05) is 11.9 Å². The fraction of sp³-hybridized carbons (Fsp3) is 0.600.